The van der Waals surface area contributed by atoms with Gasteiger partial charge in [-0.15, -0.1) is 4.40 Å². The molecule has 0 radical (unpaired) electrons. The maximum Gasteiger partial charge on any atom is 0.338 e. The van der Waals surface area contributed by atoms with E-state index in [0.717, 1.165) is 0 Å². The number of esters is 1. The van der Waals surface area contributed by atoms with Crippen molar-refractivity contribution in [2.45, 2.75) is 11.5 Å². The Labute approximate surface area is 188 Å². The lowest BCUT2D eigenvalue weighted by atomic mass is 10.1. The zero-order chi connectivity index (χ0) is 23.6. The maximum absolute atomic E-state index is 12.4. The van der Waals surface area contributed by atoms with Crippen LogP contribution in [0.15, 0.2) is 76.0 Å². The van der Waals surface area contributed by atoms with Gasteiger partial charge in [0.05, 0.1) is 17.6 Å². The van der Waals surface area contributed by atoms with E-state index in [1.165, 1.54) is 43.5 Å². The Bertz CT molecular complexity index is 1380. The summed E-state index contributed by atoms with van der Waals surface area (Å²) in [5.41, 5.74) is 1.45. The van der Waals surface area contributed by atoms with Gasteiger partial charge in [0.1, 0.15) is 17.3 Å². The monoisotopic (exact) mass is 467 g/mol. The number of anilines is 1. The van der Waals surface area contributed by atoms with Crippen molar-refractivity contribution in [3.05, 3.63) is 93.5 Å². The largest absolute Gasteiger partial charge is 0.496 e. The first-order valence-corrected chi connectivity index (χ1v) is 11.0. The van der Waals surface area contributed by atoms with Crippen LogP contribution in [-0.4, -0.2) is 32.3 Å². The summed E-state index contributed by atoms with van der Waals surface area (Å²) in [4.78, 5) is 23.0. The fourth-order valence-corrected chi connectivity index (χ4v) is 4.42. The van der Waals surface area contributed by atoms with Crippen LogP contribution < -0.4 is 10.1 Å². The molecule has 0 fully saturated rings. The van der Waals surface area contributed by atoms with Crippen molar-refractivity contribution < 1.29 is 27.6 Å². The quantitative estimate of drug-likeness (QED) is 0.330. The number of nitro benzene ring substituents is 1. The first kappa shape index (κ1) is 22.0. The van der Waals surface area contributed by atoms with E-state index in [4.69, 9.17) is 9.47 Å². The highest BCUT2D eigenvalue weighted by Gasteiger charge is 2.28. The molecular formula is C22H17N3O7S. The number of carbonyl (C=O) groups excluding carboxylic acids is 1. The van der Waals surface area contributed by atoms with Gasteiger partial charge in [-0.1, -0.05) is 12.1 Å². The number of rotatable bonds is 6. The zero-order valence-corrected chi connectivity index (χ0v) is 18.0. The van der Waals surface area contributed by atoms with Gasteiger partial charge in [-0.3, -0.25) is 10.1 Å². The number of non-ortho nitro benzene ring substituents is 1. The molecule has 0 saturated heterocycles. The van der Waals surface area contributed by atoms with Crippen molar-refractivity contribution in [3.63, 3.8) is 0 Å². The van der Waals surface area contributed by atoms with E-state index in [2.05, 4.69) is 9.71 Å². The summed E-state index contributed by atoms with van der Waals surface area (Å²) in [6, 6.07) is 16.7. The molecule has 0 aliphatic carbocycles. The number of fused-ring (bicyclic) bond motifs is 1. The van der Waals surface area contributed by atoms with Crippen LogP contribution in [0.4, 0.5) is 11.4 Å². The molecule has 33 heavy (non-hydrogen) atoms. The van der Waals surface area contributed by atoms with Gasteiger partial charge in [0.15, 0.2) is 5.84 Å². The average Bonchev–Trinajstić information content (AvgIpc) is 3.07. The van der Waals surface area contributed by atoms with Crippen LogP contribution in [0.5, 0.6) is 5.75 Å². The Morgan fingerprint density at radius 2 is 1.82 bits per heavy atom. The molecule has 0 atom stereocenters. The Morgan fingerprint density at radius 3 is 2.52 bits per heavy atom. The molecule has 1 aliphatic rings. The highest BCUT2D eigenvalue weighted by atomic mass is 32.2. The number of ether oxygens (including phenoxy) is 2. The summed E-state index contributed by atoms with van der Waals surface area (Å²) in [7, 11) is -2.33. The molecule has 0 unspecified atom stereocenters. The summed E-state index contributed by atoms with van der Waals surface area (Å²) in [6.45, 7) is -0.213. The molecule has 0 amide bonds. The lowest BCUT2D eigenvalue weighted by Gasteiger charge is -2.10. The van der Waals surface area contributed by atoms with Gasteiger partial charge >= 0.3 is 5.97 Å². The lowest BCUT2D eigenvalue weighted by molar-refractivity contribution is -0.385. The van der Waals surface area contributed by atoms with Gasteiger partial charge < -0.3 is 14.8 Å². The van der Waals surface area contributed by atoms with Crippen LogP contribution in [-0.2, 0) is 21.4 Å². The number of methoxy groups -OCH3 is 1. The average molecular weight is 467 g/mol. The van der Waals surface area contributed by atoms with Crippen molar-refractivity contribution >= 4 is 33.2 Å². The highest BCUT2D eigenvalue weighted by molar-refractivity contribution is 7.90. The van der Waals surface area contributed by atoms with Crippen molar-refractivity contribution in [2.24, 2.45) is 4.40 Å². The van der Waals surface area contributed by atoms with Gasteiger partial charge in [-0.25, -0.2) is 4.79 Å². The molecule has 1 heterocycles. The fraction of sp³-hybridized carbons (Fsp3) is 0.0909. The number of carbonyl (C=O) groups is 1. The molecule has 11 heteroatoms. The zero-order valence-electron chi connectivity index (χ0n) is 17.2. The van der Waals surface area contributed by atoms with Crippen molar-refractivity contribution in [2.75, 3.05) is 12.4 Å². The Morgan fingerprint density at radius 1 is 1.09 bits per heavy atom. The number of amidine groups is 1. The number of nitrogens with zero attached hydrogens (tertiary/aromatic N) is 2. The van der Waals surface area contributed by atoms with Crippen molar-refractivity contribution in [1.29, 1.82) is 0 Å². The first-order valence-electron chi connectivity index (χ1n) is 9.58. The van der Waals surface area contributed by atoms with Crippen LogP contribution in [0.1, 0.15) is 21.5 Å². The van der Waals surface area contributed by atoms with Crippen molar-refractivity contribution in [1.82, 2.24) is 0 Å². The third-order valence-corrected chi connectivity index (χ3v) is 6.18. The van der Waals surface area contributed by atoms with E-state index in [1.807, 2.05) is 0 Å². The Hall–Kier alpha value is -4.25. The van der Waals surface area contributed by atoms with Gasteiger partial charge in [-0.05, 0) is 42.5 Å². The summed E-state index contributed by atoms with van der Waals surface area (Å²) in [6.07, 6.45) is 0. The number of nitro groups is 1. The topological polar surface area (TPSA) is 137 Å². The maximum atomic E-state index is 12.4. The highest BCUT2D eigenvalue weighted by Crippen LogP contribution is 2.27. The Balaban J connectivity index is 1.45. The molecule has 3 aromatic rings. The van der Waals surface area contributed by atoms with E-state index in [9.17, 15) is 23.3 Å². The third kappa shape index (κ3) is 4.53. The van der Waals surface area contributed by atoms with Crippen LogP contribution in [0.25, 0.3) is 0 Å². The SMILES string of the molecule is COc1ccc([N+](=O)[O-])cc1COC(=O)c1ccc(NC2=NS(=O)(=O)c3ccccc32)cc1. The molecule has 0 bridgehead atoms. The summed E-state index contributed by atoms with van der Waals surface area (Å²) >= 11 is 0. The van der Waals surface area contributed by atoms with Gasteiger partial charge in [-0.2, -0.15) is 8.42 Å². The summed E-state index contributed by atoms with van der Waals surface area (Å²) in [5, 5.41) is 13.9. The molecule has 0 saturated carbocycles. The van der Waals surface area contributed by atoms with Gasteiger partial charge in [0.25, 0.3) is 15.7 Å². The number of nitrogens with one attached hydrogen (secondary N) is 1. The summed E-state index contributed by atoms with van der Waals surface area (Å²) < 4.78 is 38.5. The molecule has 1 N–H and O–H groups in total. The number of hydrogen-bond acceptors (Lipinski definition) is 8. The second-order valence-corrected chi connectivity index (χ2v) is 8.52. The van der Waals surface area contributed by atoms with E-state index in [1.54, 1.807) is 30.3 Å². The molecule has 1 aliphatic heterocycles. The minimum absolute atomic E-state index is 0.129. The Kier molecular flexibility index (Phi) is 5.80. The third-order valence-electron chi connectivity index (χ3n) is 4.85. The fourth-order valence-electron chi connectivity index (χ4n) is 3.24. The van der Waals surface area contributed by atoms with E-state index in [0.29, 0.717) is 22.6 Å². The smallest absolute Gasteiger partial charge is 0.338 e. The minimum Gasteiger partial charge on any atom is -0.496 e. The van der Waals surface area contributed by atoms with Crippen LogP contribution in [0, 0.1) is 10.1 Å². The van der Waals surface area contributed by atoms with E-state index < -0.39 is 20.9 Å². The van der Waals surface area contributed by atoms with Crippen LogP contribution in [0.3, 0.4) is 0 Å². The molecule has 0 spiro atoms. The van der Waals surface area contributed by atoms with Crippen LogP contribution in [0.2, 0.25) is 0 Å². The first-order chi connectivity index (χ1) is 15.8. The van der Waals surface area contributed by atoms with E-state index >= 15 is 0 Å². The lowest BCUT2D eigenvalue weighted by Crippen LogP contribution is -2.11. The van der Waals surface area contributed by atoms with E-state index in [-0.39, 0.29) is 28.6 Å². The van der Waals surface area contributed by atoms with Gasteiger partial charge in [0.2, 0.25) is 0 Å². The normalized spacial score (nSPS) is 13.5. The van der Waals surface area contributed by atoms with Crippen molar-refractivity contribution in [3.8, 4) is 5.75 Å². The number of hydrogen-bond donors (Lipinski definition) is 1. The molecule has 3 aromatic carbocycles. The minimum atomic E-state index is -3.75. The molecule has 4 rings (SSSR count). The standard InChI is InChI=1S/C22H17N3O7S/c1-31-19-11-10-17(25(27)28)12-15(19)13-32-22(26)14-6-8-16(9-7-14)23-21-18-4-2-3-5-20(18)33(29,30)24-21/h2-12H,13H2,1H3,(H,23,24). The molecule has 0 aromatic heterocycles. The molecular weight excluding hydrogens is 450 g/mol. The number of benzene rings is 3. The number of sulfonamides is 1. The van der Waals surface area contributed by atoms with Crippen LogP contribution >= 0.6 is 0 Å². The van der Waals surface area contributed by atoms with Gasteiger partial charge in [0, 0.05) is 28.9 Å². The second kappa shape index (κ2) is 8.71. The predicted octanol–water partition coefficient (Wildman–Crippen LogP) is 3.52. The predicted molar refractivity (Wildman–Crippen MR) is 119 cm³/mol. The summed E-state index contributed by atoms with van der Waals surface area (Å²) in [5.74, 6) is -0.0829. The molecule has 168 valence electrons. The second-order valence-electron chi connectivity index (χ2n) is 6.94. The molecule has 10 nitrogen and oxygen atoms in total.